The first-order valence-corrected chi connectivity index (χ1v) is 12.2. The molecule has 12 heteroatoms. The zero-order valence-electron chi connectivity index (χ0n) is 21.1. The van der Waals surface area contributed by atoms with Gasteiger partial charge in [0.05, 0.1) is 28.6 Å². The highest BCUT2D eigenvalue weighted by Crippen LogP contribution is 2.35. The van der Waals surface area contributed by atoms with E-state index in [4.69, 9.17) is 0 Å². The average Bonchev–Trinajstić information content (AvgIpc) is 3.58. The van der Waals surface area contributed by atoms with Gasteiger partial charge in [-0.2, -0.15) is 10.4 Å². The number of anilines is 4. The van der Waals surface area contributed by atoms with Crippen LogP contribution in [-0.4, -0.2) is 36.8 Å². The molecule has 6 rings (SSSR count). The third kappa shape index (κ3) is 4.77. The van der Waals surface area contributed by atoms with Gasteiger partial charge in [0, 0.05) is 30.8 Å². The number of H-pyrrole nitrogens is 2. The fourth-order valence-electron chi connectivity index (χ4n) is 4.14. The Morgan fingerprint density at radius 3 is 2.55 bits per heavy atom. The Morgan fingerprint density at radius 1 is 0.950 bits per heavy atom. The number of hydrogen-bond donors (Lipinski definition) is 3. The van der Waals surface area contributed by atoms with Gasteiger partial charge in [0.25, 0.3) is 0 Å². The molecule has 0 radical (unpaired) electrons. The SMILES string of the molecule is CN(c1ccc(/N=N/c2c(C#N)cnn2-c2ccccc2)c(Nc2ccc3[nH]c(=O)[nH]c3c2)c1)c1ncccn1. The van der Waals surface area contributed by atoms with Gasteiger partial charge in [-0.25, -0.2) is 19.4 Å². The molecule has 0 aliphatic carbocycles. The van der Waals surface area contributed by atoms with E-state index in [1.807, 2.05) is 78.7 Å². The Hall–Kier alpha value is -6.09. The summed E-state index contributed by atoms with van der Waals surface area (Å²) in [6.07, 6.45) is 4.82. The number of nitrogens with zero attached hydrogens (tertiary/aromatic N) is 8. The maximum atomic E-state index is 11.7. The van der Waals surface area contributed by atoms with Gasteiger partial charge < -0.3 is 20.2 Å². The minimum absolute atomic E-state index is 0.281. The first-order valence-electron chi connectivity index (χ1n) is 12.2. The van der Waals surface area contributed by atoms with Crippen molar-refractivity contribution in [1.82, 2.24) is 29.7 Å². The maximum absolute atomic E-state index is 11.7. The molecule has 3 heterocycles. The molecular formula is C28H21N11O. The molecule has 0 saturated heterocycles. The highest BCUT2D eigenvalue weighted by atomic mass is 16.1. The van der Waals surface area contributed by atoms with Gasteiger partial charge >= 0.3 is 5.69 Å². The average molecular weight is 528 g/mol. The van der Waals surface area contributed by atoms with Crippen LogP contribution in [-0.2, 0) is 0 Å². The van der Waals surface area contributed by atoms with E-state index in [2.05, 4.69) is 46.6 Å². The summed E-state index contributed by atoms with van der Waals surface area (Å²) in [6.45, 7) is 0. The molecule has 12 nitrogen and oxygen atoms in total. The molecule has 0 unspecified atom stereocenters. The van der Waals surface area contributed by atoms with E-state index in [1.54, 1.807) is 23.1 Å². The van der Waals surface area contributed by atoms with Gasteiger partial charge in [0.1, 0.15) is 17.3 Å². The predicted octanol–water partition coefficient (Wildman–Crippen LogP) is 5.63. The van der Waals surface area contributed by atoms with E-state index in [1.165, 1.54) is 6.20 Å². The van der Waals surface area contributed by atoms with Crippen LogP contribution < -0.4 is 15.9 Å². The van der Waals surface area contributed by atoms with Crippen molar-refractivity contribution in [1.29, 1.82) is 5.26 Å². The second kappa shape index (κ2) is 10.3. The first-order chi connectivity index (χ1) is 19.6. The minimum Gasteiger partial charge on any atom is -0.354 e. The summed E-state index contributed by atoms with van der Waals surface area (Å²) < 4.78 is 1.57. The number of azo groups is 1. The number of fused-ring (bicyclic) bond motifs is 1. The Labute approximate surface area is 227 Å². The lowest BCUT2D eigenvalue weighted by Crippen LogP contribution is -2.12. The first kappa shape index (κ1) is 24.3. The van der Waals surface area contributed by atoms with Crippen LogP contribution in [0.25, 0.3) is 16.7 Å². The van der Waals surface area contributed by atoms with Gasteiger partial charge in [0.2, 0.25) is 5.95 Å². The molecular weight excluding hydrogens is 506 g/mol. The number of hydrogen-bond acceptors (Lipinski definition) is 9. The summed E-state index contributed by atoms with van der Waals surface area (Å²) in [5.41, 5.74) is 4.79. The third-order valence-corrected chi connectivity index (χ3v) is 6.13. The Morgan fingerprint density at radius 2 is 1.75 bits per heavy atom. The number of aromatic amines is 2. The van der Waals surface area contributed by atoms with Gasteiger partial charge in [0.15, 0.2) is 5.82 Å². The van der Waals surface area contributed by atoms with Crippen LogP contribution in [0.1, 0.15) is 5.56 Å². The Kier molecular flexibility index (Phi) is 6.27. The molecule has 0 atom stereocenters. The lowest BCUT2D eigenvalue weighted by atomic mass is 10.2. The van der Waals surface area contributed by atoms with Crippen LogP contribution in [0.4, 0.5) is 34.5 Å². The molecule has 0 saturated carbocycles. The summed E-state index contributed by atoms with van der Waals surface area (Å²) in [5.74, 6) is 0.837. The lowest BCUT2D eigenvalue weighted by Gasteiger charge is -2.19. The van der Waals surface area contributed by atoms with Crippen LogP contribution in [0.3, 0.4) is 0 Å². The molecule has 0 bridgehead atoms. The van der Waals surface area contributed by atoms with Crippen molar-refractivity contribution in [3.63, 3.8) is 0 Å². The highest BCUT2D eigenvalue weighted by molar-refractivity contribution is 5.83. The smallest absolute Gasteiger partial charge is 0.323 e. The molecule has 3 N–H and O–H groups in total. The van der Waals surface area contributed by atoms with Gasteiger partial charge in [-0.3, -0.25) is 0 Å². The standard InChI is InChI=1S/C28H21N11O/c1-38(27-30-12-5-13-31-27)21-9-11-23(25(15-21)33-19-8-10-22-24(14-19)35-28(40)34-22)36-37-26-18(16-29)17-32-39(26)20-6-3-2-4-7-20/h2-15,17,33H,1H3,(H2,34,35,40)/b37-36+. The Balaban J connectivity index is 1.41. The fourth-order valence-corrected chi connectivity index (χ4v) is 4.14. The van der Waals surface area contributed by atoms with E-state index in [9.17, 15) is 10.1 Å². The summed E-state index contributed by atoms with van der Waals surface area (Å²) >= 11 is 0. The third-order valence-electron chi connectivity index (χ3n) is 6.13. The number of imidazole rings is 1. The Bertz CT molecular complexity index is 1930. The summed E-state index contributed by atoms with van der Waals surface area (Å²) in [7, 11) is 1.86. The van der Waals surface area contributed by atoms with Crippen molar-refractivity contribution in [2.75, 3.05) is 17.3 Å². The molecule has 0 fully saturated rings. The predicted molar refractivity (Wildman–Crippen MR) is 151 cm³/mol. The molecule has 3 aromatic heterocycles. The fraction of sp³-hybridized carbons (Fsp3) is 0.0357. The largest absolute Gasteiger partial charge is 0.354 e. The molecule has 0 spiro atoms. The van der Waals surface area contributed by atoms with Crippen molar-refractivity contribution in [2.45, 2.75) is 0 Å². The molecule has 0 aliphatic heterocycles. The summed E-state index contributed by atoms with van der Waals surface area (Å²) in [4.78, 5) is 27.8. The van der Waals surface area contributed by atoms with Gasteiger partial charge in [-0.1, -0.05) is 18.2 Å². The second-order valence-electron chi connectivity index (χ2n) is 8.71. The topological polar surface area (TPSA) is 156 Å². The van der Waals surface area contributed by atoms with E-state index in [-0.39, 0.29) is 5.69 Å². The van der Waals surface area contributed by atoms with Crippen LogP contribution in [0.2, 0.25) is 0 Å². The van der Waals surface area contributed by atoms with Crippen molar-refractivity contribution < 1.29 is 0 Å². The van der Waals surface area contributed by atoms with Crippen molar-refractivity contribution in [2.24, 2.45) is 10.2 Å². The van der Waals surface area contributed by atoms with Crippen molar-refractivity contribution in [3.05, 3.63) is 107 Å². The van der Waals surface area contributed by atoms with Crippen LogP contribution in [0.15, 0.2) is 106 Å². The van der Waals surface area contributed by atoms with Gasteiger partial charge in [-0.15, -0.1) is 10.2 Å². The number of rotatable bonds is 7. The monoisotopic (exact) mass is 527 g/mol. The van der Waals surface area contributed by atoms with Crippen LogP contribution >= 0.6 is 0 Å². The van der Waals surface area contributed by atoms with Crippen LogP contribution in [0.5, 0.6) is 0 Å². The molecule has 3 aromatic carbocycles. The van der Waals surface area contributed by atoms with E-state index >= 15 is 0 Å². The molecule has 40 heavy (non-hydrogen) atoms. The summed E-state index contributed by atoms with van der Waals surface area (Å²) in [6, 6.07) is 24.4. The normalized spacial score (nSPS) is 11.1. The number of para-hydroxylation sites is 1. The van der Waals surface area contributed by atoms with Gasteiger partial charge in [-0.05, 0) is 54.6 Å². The molecule has 0 aliphatic rings. The maximum Gasteiger partial charge on any atom is 0.323 e. The second-order valence-corrected chi connectivity index (χ2v) is 8.71. The number of benzene rings is 3. The molecule has 0 amide bonds. The zero-order valence-corrected chi connectivity index (χ0v) is 21.1. The number of nitriles is 1. The number of aromatic nitrogens is 6. The minimum atomic E-state index is -0.281. The highest BCUT2D eigenvalue weighted by Gasteiger charge is 2.14. The van der Waals surface area contributed by atoms with Crippen molar-refractivity contribution >= 4 is 45.5 Å². The number of nitrogens with one attached hydrogen (secondary N) is 3. The summed E-state index contributed by atoms with van der Waals surface area (Å²) in [5, 5.41) is 26.3. The van der Waals surface area contributed by atoms with Crippen LogP contribution in [0, 0.1) is 11.3 Å². The van der Waals surface area contributed by atoms with E-state index in [0.29, 0.717) is 39.7 Å². The zero-order chi connectivity index (χ0) is 27.5. The van der Waals surface area contributed by atoms with E-state index in [0.717, 1.165) is 17.1 Å². The van der Waals surface area contributed by atoms with E-state index < -0.39 is 0 Å². The molecule has 6 aromatic rings. The van der Waals surface area contributed by atoms with Crippen molar-refractivity contribution in [3.8, 4) is 11.8 Å². The lowest BCUT2D eigenvalue weighted by molar-refractivity contribution is 0.870. The molecule has 194 valence electrons. The quantitative estimate of drug-likeness (QED) is 0.227.